The third-order valence-corrected chi connectivity index (χ3v) is 6.09. The molecule has 7 nitrogen and oxygen atoms in total. The summed E-state index contributed by atoms with van der Waals surface area (Å²) >= 11 is 1.55. The maximum atomic E-state index is 12.6. The minimum Gasteiger partial charge on any atom is -0.490 e. The van der Waals surface area contributed by atoms with Gasteiger partial charge in [0.25, 0.3) is 5.56 Å². The number of ether oxygens (including phenoxy) is 3. The zero-order valence-electron chi connectivity index (χ0n) is 17.1. The SMILES string of the molecule is CCOc1ccc(C(=O)OCc2cc(=O)n3c4c(sc3n2)CCCC4)cc1OCC. The van der Waals surface area contributed by atoms with Crippen LogP contribution in [0, 0.1) is 0 Å². The number of thiazole rings is 1. The van der Waals surface area contributed by atoms with E-state index in [9.17, 15) is 9.59 Å². The number of aryl methyl sites for hydroxylation is 2. The summed E-state index contributed by atoms with van der Waals surface area (Å²) < 4.78 is 18.2. The fourth-order valence-electron chi connectivity index (χ4n) is 3.62. The minimum atomic E-state index is -0.508. The summed E-state index contributed by atoms with van der Waals surface area (Å²) in [5.74, 6) is 0.569. The average Bonchev–Trinajstić information content (AvgIpc) is 3.12. The number of benzene rings is 1. The maximum absolute atomic E-state index is 12.6. The molecule has 0 fully saturated rings. The van der Waals surface area contributed by atoms with Crippen LogP contribution in [-0.4, -0.2) is 28.6 Å². The summed E-state index contributed by atoms with van der Waals surface area (Å²) in [6.07, 6.45) is 4.14. The van der Waals surface area contributed by atoms with Crippen LogP contribution < -0.4 is 15.0 Å². The number of rotatable bonds is 7. The van der Waals surface area contributed by atoms with Gasteiger partial charge in [0.2, 0.25) is 0 Å². The van der Waals surface area contributed by atoms with Crippen LogP contribution in [0.15, 0.2) is 29.1 Å². The van der Waals surface area contributed by atoms with Gasteiger partial charge in [0.15, 0.2) is 16.5 Å². The summed E-state index contributed by atoms with van der Waals surface area (Å²) in [5.41, 5.74) is 1.76. The minimum absolute atomic E-state index is 0.0652. The van der Waals surface area contributed by atoms with Crippen molar-refractivity contribution in [1.29, 1.82) is 0 Å². The third kappa shape index (κ3) is 4.05. The molecule has 1 aliphatic carbocycles. The Bertz CT molecular complexity index is 1130. The Balaban J connectivity index is 1.52. The fourth-order valence-corrected chi connectivity index (χ4v) is 4.85. The molecule has 0 N–H and O–H groups in total. The van der Waals surface area contributed by atoms with Crippen molar-refractivity contribution in [2.24, 2.45) is 0 Å². The summed E-state index contributed by atoms with van der Waals surface area (Å²) in [7, 11) is 0. The lowest BCUT2D eigenvalue weighted by Gasteiger charge is -2.12. The van der Waals surface area contributed by atoms with E-state index in [1.807, 2.05) is 13.8 Å². The molecule has 1 aromatic carbocycles. The zero-order chi connectivity index (χ0) is 21.1. The van der Waals surface area contributed by atoms with Crippen molar-refractivity contribution in [1.82, 2.24) is 9.38 Å². The molecule has 0 amide bonds. The van der Waals surface area contributed by atoms with E-state index in [-0.39, 0.29) is 12.2 Å². The van der Waals surface area contributed by atoms with Gasteiger partial charge in [-0.2, -0.15) is 0 Å². The van der Waals surface area contributed by atoms with Crippen LogP contribution in [0.4, 0.5) is 0 Å². The first kappa shape index (κ1) is 20.4. The van der Waals surface area contributed by atoms with E-state index in [0.29, 0.717) is 40.9 Å². The topological polar surface area (TPSA) is 79.1 Å². The van der Waals surface area contributed by atoms with Crippen LogP contribution in [0.5, 0.6) is 11.5 Å². The monoisotopic (exact) mass is 428 g/mol. The molecule has 0 unspecified atom stereocenters. The van der Waals surface area contributed by atoms with Crippen LogP contribution in [0.2, 0.25) is 0 Å². The zero-order valence-corrected chi connectivity index (χ0v) is 17.9. The molecule has 0 spiro atoms. The molecule has 3 aromatic rings. The number of carbonyl (C=O) groups excluding carboxylic acids is 1. The van der Waals surface area contributed by atoms with E-state index in [1.165, 1.54) is 10.9 Å². The first-order chi connectivity index (χ1) is 14.6. The highest BCUT2D eigenvalue weighted by Crippen LogP contribution is 2.30. The standard InChI is InChI=1S/C22H24N2O5S/c1-3-27-17-10-9-14(11-18(17)28-4-2)21(26)29-13-15-12-20(25)24-16-7-5-6-8-19(16)30-22(24)23-15/h9-12H,3-8,13H2,1-2H3. The third-order valence-electron chi connectivity index (χ3n) is 4.94. The van der Waals surface area contributed by atoms with E-state index in [1.54, 1.807) is 33.9 Å². The molecule has 0 radical (unpaired) electrons. The Labute approximate surface area is 178 Å². The summed E-state index contributed by atoms with van der Waals surface area (Å²) in [4.78, 5) is 31.6. The predicted molar refractivity (Wildman–Crippen MR) is 114 cm³/mol. The van der Waals surface area contributed by atoms with Crippen molar-refractivity contribution in [2.45, 2.75) is 46.1 Å². The van der Waals surface area contributed by atoms with Crippen molar-refractivity contribution >= 4 is 22.3 Å². The highest BCUT2D eigenvalue weighted by Gasteiger charge is 2.19. The Morgan fingerprint density at radius 3 is 2.67 bits per heavy atom. The second-order valence-electron chi connectivity index (χ2n) is 6.99. The van der Waals surface area contributed by atoms with E-state index < -0.39 is 5.97 Å². The van der Waals surface area contributed by atoms with Crippen molar-refractivity contribution in [3.8, 4) is 11.5 Å². The van der Waals surface area contributed by atoms with Gasteiger partial charge in [0.05, 0.1) is 24.5 Å². The first-order valence-electron chi connectivity index (χ1n) is 10.2. The molecule has 8 heteroatoms. The van der Waals surface area contributed by atoms with E-state index >= 15 is 0 Å². The van der Waals surface area contributed by atoms with Gasteiger partial charge in [-0.05, 0) is 57.7 Å². The number of carbonyl (C=O) groups is 1. The molecular formula is C22H24N2O5S. The molecular weight excluding hydrogens is 404 g/mol. The summed E-state index contributed by atoms with van der Waals surface area (Å²) in [5, 5.41) is 0. The van der Waals surface area contributed by atoms with Crippen molar-refractivity contribution in [3.63, 3.8) is 0 Å². The molecule has 2 heterocycles. The Morgan fingerprint density at radius 2 is 1.87 bits per heavy atom. The van der Waals surface area contributed by atoms with Gasteiger partial charge in [-0.25, -0.2) is 9.78 Å². The largest absolute Gasteiger partial charge is 0.490 e. The van der Waals surface area contributed by atoms with E-state index in [4.69, 9.17) is 14.2 Å². The lowest BCUT2D eigenvalue weighted by atomic mass is 10.0. The van der Waals surface area contributed by atoms with Crippen LogP contribution in [0.25, 0.3) is 4.96 Å². The fraction of sp³-hybridized carbons (Fsp3) is 0.409. The molecule has 0 aliphatic heterocycles. The van der Waals surface area contributed by atoms with Crippen molar-refractivity contribution in [2.75, 3.05) is 13.2 Å². The van der Waals surface area contributed by atoms with E-state index in [0.717, 1.165) is 31.4 Å². The van der Waals surface area contributed by atoms with Crippen molar-refractivity contribution < 1.29 is 19.0 Å². The molecule has 1 aliphatic rings. The second kappa shape index (κ2) is 8.87. The molecule has 30 heavy (non-hydrogen) atoms. The normalized spacial score (nSPS) is 13.1. The summed E-state index contributed by atoms with van der Waals surface area (Å²) in [6, 6.07) is 6.38. The molecule has 0 saturated heterocycles. The highest BCUT2D eigenvalue weighted by atomic mass is 32.1. The van der Waals surface area contributed by atoms with Gasteiger partial charge in [-0.3, -0.25) is 9.20 Å². The average molecular weight is 429 g/mol. The lowest BCUT2D eigenvalue weighted by molar-refractivity contribution is 0.0467. The summed E-state index contributed by atoms with van der Waals surface area (Å²) in [6.45, 7) is 4.64. The van der Waals surface area contributed by atoms with Crippen LogP contribution in [-0.2, 0) is 24.2 Å². The van der Waals surface area contributed by atoms with Gasteiger partial charge in [-0.1, -0.05) is 0 Å². The Morgan fingerprint density at radius 1 is 1.10 bits per heavy atom. The van der Waals surface area contributed by atoms with E-state index in [2.05, 4.69) is 4.98 Å². The molecule has 0 saturated carbocycles. The van der Waals surface area contributed by atoms with Gasteiger partial charge < -0.3 is 14.2 Å². The van der Waals surface area contributed by atoms with Gasteiger partial charge in [0, 0.05) is 16.6 Å². The maximum Gasteiger partial charge on any atom is 0.338 e. The van der Waals surface area contributed by atoms with Gasteiger partial charge in [0.1, 0.15) is 6.61 Å². The number of esters is 1. The van der Waals surface area contributed by atoms with Crippen LogP contribution >= 0.6 is 11.3 Å². The van der Waals surface area contributed by atoms with Crippen LogP contribution in [0.1, 0.15) is 53.3 Å². The van der Waals surface area contributed by atoms with Crippen molar-refractivity contribution in [3.05, 3.63) is 56.4 Å². The number of hydrogen-bond acceptors (Lipinski definition) is 7. The molecule has 0 atom stereocenters. The Hall–Kier alpha value is -2.87. The van der Waals surface area contributed by atoms with Crippen LogP contribution in [0.3, 0.4) is 0 Å². The molecule has 158 valence electrons. The molecule has 0 bridgehead atoms. The number of aromatic nitrogens is 2. The second-order valence-corrected chi connectivity index (χ2v) is 8.05. The smallest absolute Gasteiger partial charge is 0.338 e. The number of nitrogens with zero attached hydrogens (tertiary/aromatic N) is 2. The first-order valence-corrected chi connectivity index (χ1v) is 11.0. The molecule has 4 rings (SSSR count). The van der Waals surface area contributed by atoms with Gasteiger partial charge >= 0.3 is 5.97 Å². The molecule has 2 aromatic heterocycles. The van der Waals surface area contributed by atoms with Gasteiger partial charge in [-0.15, -0.1) is 11.3 Å². The predicted octanol–water partition coefficient (Wildman–Crippen LogP) is 3.79. The lowest BCUT2D eigenvalue weighted by Crippen LogP contribution is -2.18. The quantitative estimate of drug-likeness (QED) is 0.533. The number of fused-ring (bicyclic) bond motifs is 3. The Kier molecular flexibility index (Phi) is 6.03. The highest BCUT2D eigenvalue weighted by molar-refractivity contribution is 7.17. The number of hydrogen-bond donors (Lipinski definition) is 0.